The molecule has 0 aromatic heterocycles. The van der Waals surface area contributed by atoms with Crippen LogP contribution in [0.15, 0.2) is 72.8 Å². The number of hydrogen-bond donors (Lipinski definition) is 0. The molecule has 0 saturated heterocycles. The Labute approximate surface area is 292 Å². The lowest BCUT2D eigenvalue weighted by molar-refractivity contribution is 0.0485. The highest BCUT2D eigenvalue weighted by atomic mass is 79.9. The number of unbranched alkanes of at least 4 members (excludes halogenated alkanes) is 3. The van der Waals surface area contributed by atoms with Gasteiger partial charge in [-0.3, -0.25) is 0 Å². The van der Waals surface area contributed by atoms with Gasteiger partial charge in [-0.25, -0.2) is 14.4 Å². The molecule has 0 N–H and O–H groups in total. The molecule has 0 unspecified atom stereocenters. The van der Waals surface area contributed by atoms with Crippen LogP contribution in [0.25, 0.3) is 0 Å². The molecule has 10 heteroatoms. The SMILES string of the molecule is CCCCOC(=O)c1cccc(OCC(CBr)(COc2cccc(C(=O)OCCCC)c2)COc2cccc(C(=O)OCCCC)c2)c1. The number of alkyl halides is 1. The lowest BCUT2D eigenvalue weighted by Crippen LogP contribution is -2.42. The molecule has 0 fully saturated rings. The number of rotatable bonds is 22. The predicted molar refractivity (Wildman–Crippen MR) is 188 cm³/mol. The first-order chi connectivity index (χ1) is 23.3. The summed E-state index contributed by atoms with van der Waals surface area (Å²) in [5.74, 6) is 0.229. The van der Waals surface area contributed by atoms with E-state index in [1.54, 1.807) is 72.8 Å². The topological polar surface area (TPSA) is 107 Å². The summed E-state index contributed by atoms with van der Waals surface area (Å²) < 4.78 is 34.8. The van der Waals surface area contributed by atoms with Crippen LogP contribution in [0.3, 0.4) is 0 Å². The Hall–Kier alpha value is -4.05. The van der Waals surface area contributed by atoms with E-state index in [9.17, 15) is 14.4 Å². The van der Waals surface area contributed by atoms with E-state index in [-0.39, 0.29) is 19.8 Å². The van der Waals surface area contributed by atoms with Crippen LogP contribution in [-0.4, -0.2) is 62.9 Å². The van der Waals surface area contributed by atoms with E-state index in [1.165, 1.54) is 0 Å². The fourth-order valence-corrected chi connectivity index (χ4v) is 4.75. The largest absolute Gasteiger partial charge is 0.493 e. The van der Waals surface area contributed by atoms with Gasteiger partial charge in [-0.2, -0.15) is 0 Å². The molecule has 3 aromatic rings. The van der Waals surface area contributed by atoms with Crippen LogP contribution in [0.1, 0.15) is 90.4 Å². The van der Waals surface area contributed by atoms with Crippen molar-refractivity contribution >= 4 is 33.8 Å². The summed E-state index contributed by atoms with van der Waals surface area (Å²) in [4.78, 5) is 37.7. The van der Waals surface area contributed by atoms with Gasteiger partial charge in [-0.15, -0.1) is 0 Å². The summed E-state index contributed by atoms with van der Waals surface area (Å²) in [7, 11) is 0. The van der Waals surface area contributed by atoms with Crippen molar-refractivity contribution in [1.29, 1.82) is 0 Å². The van der Waals surface area contributed by atoms with Crippen molar-refractivity contribution in [3.05, 3.63) is 89.5 Å². The van der Waals surface area contributed by atoms with Crippen LogP contribution in [0.5, 0.6) is 17.2 Å². The van der Waals surface area contributed by atoms with Gasteiger partial charge in [0.15, 0.2) is 0 Å². The number of hydrogen-bond acceptors (Lipinski definition) is 9. The molecule has 0 aliphatic carbocycles. The van der Waals surface area contributed by atoms with Crippen LogP contribution in [0, 0.1) is 5.41 Å². The molecular weight excluding hydrogens is 680 g/mol. The molecule has 0 bridgehead atoms. The Morgan fingerprint density at radius 1 is 0.542 bits per heavy atom. The summed E-state index contributed by atoms with van der Waals surface area (Å²) in [5.41, 5.74) is 0.426. The van der Waals surface area contributed by atoms with Gasteiger partial charge < -0.3 is 28.4 Å². The van der Waals surface area contributed by atoms with Crippen LogP contribution in [0.2, 0.25) is 0 Å². The number of halogens is 1. The zero-order chi connectivity index (χ0) is 34.6. The molecule has 0 aliphatic heterocycles. The predicted octanol–water partition coefficient (Wildman–Crippen LogP) is 8.48. The Morgan fingerprint density at radius 2 is 0.854 bits per heavy atom. The number of carbonyl (C=O) groups is 3. The van der Waals surface area contributed by atoms with Crippen molar-refractivity contribution < 1.29 is 42.8 Å². The minimum Gasteiger partial charge on any atom is -0.493 e. The molecule has 260 valence electrons. The van der Waals surface area contributed by atoms with E-state index in [2.05, 4.69) is 15.9 Å². The number of carbonyl (C=O) groups excluding carboxylic acids is 3. The molecule has 3 rings (SSSR count). The third-order valence-electron chi connectivity index (χ3n) is 7.32. The van der Waals surface area contributed by atoms with Crippen molar-refractivity contribution in [3.8, 4) is 17.2 Å². The molecule has 0 heterocycles. The van der Waals surface area contributed by atoms with Gasteiger partial charge in [0, 0.05) is 5.33 Å². The highest BCUT2D eigenvalue weighted by Gasteiger charge is 2.33. The number of ether oxygens (including phenoxy) is 6. The summed E-state index contributed by atoms with van der Waals surface area (Å²) in [6.45, 7) is 7.60. The van der Waals surface area contributed by atoms with Gasteiger partial charge in [-0.1, -0.05) is 74.2 Å². The maximum Gasteiger partial charge on any atom is 0.338 e. The van der Waals surface area contributed by atoms with Gasteiger partial charge in [-0.05, 0) is 73.9 Å². The highest BCUT2D eigenvalue weighted by Crippen LogP contribution is 2.28. The summed E-state index contributed by atoms with van der Waals surface area (Å²) in [5, 5.41) is 0.413. The Balaban J connectivity index is 1.78. The molecule has 0 saturated carbocycles. The Bertz CT molecular complexity index is 1270. The minimum absolute atomic E-state index is 0.143. The average molecular weight is 728 g/mol. The fraction of sp³-hybridized carbons (Fsp3) is 0.447. The van der Waals surface area contributed by atoms with Gasteiger partial charge in [0.05, 0.1) is 41.9 Å². The average Bonchev–Trinajstić information content (AvgIpc) is 3.12. The minimum atomic E-state index is -0.757. The third-order valence-corrected chi connectivity index (χ3v) is 8.51. The smallest absolute Gasteiger partial charge is 0.338 e. The van der Waals surface area contributed by atoms with Crippen molar-refractivity contribution in [2.45, 2.75) is 59.3 Å². The van der Waals surface area contributed by atoms with Crippen molar-refractivity contribution in [2.75, 3.05) is 45.0 Å². The first-order valence-corrected chi connectivity index (χ1v) is 17.7. The summed E-state index contributed by atoms with van der Waals surface area (Å²) in [6.07, 6.45) is 5.16. The fourth-order valence-electron chi connectivity index (χ4n) is 4.27. The quantitative estimate of drug-likeness (QED) is 0.0436. The van der Waals surface area contributed by atoms with E-state index < -0.39 is 23.3 Å². The Kier molecular flexibility index (Phi) is 16.8. The summed E-state index contributed by atoms with van der Waals surface area (Å²) in [6, 6.07) is 20.5. The van der Waals surface area contributed by atoms with Gasteiger partial charge in [0.1, 0.15) is 37.1 Å². The zero-order valence-corrected chi connectivity index (χ0v) is 29.8. The second kappa shape index (κ2) is 21.0. The molecule has 0 atom stereocenters. The third kappa shape index (κ3) is 12.9. The van der Waals surface area contributed by atoms with Crippen LogP contribution in [-0.2, 0) is 14.2 Å². The van der Waals surface area contributed by atoms with Gasteiger partial charge in [0.2, 0.25) is 0 Å². The van der Waals surface area contributed by atoms with Crippen molar-refractivity contribution in [3.63, 3.8) is 0 Å². The van der Waals surface area contributed by atoms with Crippen LogP contribution in [0.4, 0.5) is 0 Å². The van der Waals surface area contributed by atoms with E-state index in [0.717, 1.165) is 38.5 Å². The van der Waals surface area contributed by atoms with Gasteiger partial charge in [0.25, 0.3) is 0 Å². The maximum atomic E-state index is 12.6. The molecular formula is C38H47BrO9. The summed E-state index contributed by atoms with van der Waals surface area (Å²) >= 11 is 3.65. The number of benzene rings is 3. The maximum absolute atomic E-state index is 12.6. The van der Waals surface area contributed by atoms with Gasteiger partial charge >= 0.3 is 17.9 Å². The highest BCUT2D eigenvalue weighted by molar-refractivity contribution is 9.09. The molecule has 0 radical (unpaired) electrons. The molecule has 0 amide bonds. The van der Waals surface area contributed by atoms with Crippen LogP contribution >= 0.6 is 15.9 Å². The monoisotopic (exact) mass is 726 g/mol. The van der Waals surface area contributed by atoms with E-state index in [0.29, 0.717) is 59.1 Å². The first-order valence-electron chi connectivity index (χ1n) is 16.6. The molecule has 0 spiro atoms. The Morgan fingerprint density at radius 3 is 1.12 bits per heavy atom. The molecule has 48 heavy (non-hydrogen) atoms. The van der Waals surface area contributed by atoms with Crippen molar-refractivity contribution in [2.24, 2.45) is 5.41 Å². The first kappa shape index (κ1) is 38.4. The normalized spacial score (nSPS) is 11.0. The number of esters is 3. The second-order valence-electron chi connectivity index (χ2n) is 11.6. The molecule has 9 nitrogen and oxygen atoms in total. The lowest BCUT2D eigenvalue weighted by atomic mass is 9.94. The standard InChI is InChI=1S/C38H47BrO9/c1-4-7-19-43-35(40)29-13-10-16-32(22-29)46-26-38(25-39,27-47-33-17-11-14-30(23-33)36(41)44-20-8-5-2)28-48-34-18-12-15-31(24-34)37(42)45-21-9-6-3/h10-18,22-24H,4-9,19-21,25-28H2,1-3H3. The lowest BCUT2D eigenvalue weighted by Gasteiger charge is -2.31. The molecule has 3 aromatic carbocycles. The van der Waals surface area contributed by atoms with E-state index in [1.807, 2.05) is 20.8 Å². The van der Waals surface area contributed by atoms with E-state index in [4.69, 9.17) is 28.4 Å². The second-order valence-corrected chi connectivity index (χ2v) is 12.1. The van der Waals surface area contributed by atoms with Crippen LogP contribution < -0.4 is 14.2 Å². The van der Waals surface area contributed by atoms with Crippen molar-refractivity contribution in [1.82, 2.24) is 0 Å². The zero-order valence-electron chi connectivity index (χ0n) is 28.2. The van der Waals surface area contributed by atoms with E-state index >= 15 is 0 Å². The molecule has 0 aliphatic rings.